The Morgan fingerprint density at radius 2 is 0.923 bits per heavy atom. The number of aryl methyl sites for hydroxylation is 11. The third-order valence-electron chi connectivity index (χ3n) is 19.2. The van der Waals surface area contributed by atoms with Gasteiger partial charge in [0.25, 0.3) is 5.01 Å². The van der Waals surface area contributed by atoms with Crippen LogP contribution in [-0.4, -0.2) is 15.6 Å². The van der Waals surface area contributed by atoms with Crippen molar-refractivity contribution in [3.05, 3.63) is 361 Å². The summed E-state index contributed by atoms with van der Waals surface area (Å²) in [6, 6.07) is 103. The summed E-state index contributed by atoms with van der Waals surface area (Å²) in [5, 5.41) is 6.40. The number of para-hydroxylation sites is 5. The summed E-state index contributed by atoms with van der Waals surface area (Å²) in [5.41, 5.74) is 23.5. The molecule has 17 aromatic rings. The average molecular weight is 1380 g/mol. The zero-order valence-electron chi connectivity index (χ0n) is 61.5. The van der Waals surface area contributed by atoms with Crippen LogP contribution < -0.4 is 27.6 Å². The lowest BCUT2D eigenvalue weighted by molar-refractivity contribution is -0.744. The van der Waals surface area contributed by atoms with Gasteiger partial charge in [0.1, 0.15) is 44.3 Å². The molecule has 0 radical (unpaired) electrons. The van der Waals surface area contributed by atoms with Gasteiger partial charge in [-0.25, -0.2) is 4.57 Å². The van der Waals surface area contributed by atoms with Gasteiger partial charge in [-0.1, -0.05) is 169 Å². The number of rotatable bonds is 8. The van der Waals surface area contributed by atoms with Gasteiger partial charge in [0.05, 0.1) is 23.3 Å². The van der Waals surface area contributed by atoms with Crippen LogP contribution in [0.5, 0.6) is 0 Å². The SMILES string of the molecule is Cc1c(-c2cccc[n+]2C)ccc2ccccc12.Cc1cc(C=O)oc1-c1ccc2ccccc2[n+]1C.Cc1ccccc1-c1cccc(-c2ccccc2)[n+]1C.Cc1ccccc1-c1sc2ccccc2[n+]1C.Cc1ccccc1-n1cc2ccccc2[n+]1C.Cc1ccccc1-n1ccc[n+]1C. The number of benzene rings is 10. The zero-order chi connectivity index (χ0) is 72.8. The molecule has 0 atom stereocenters. The van der Waals surface area contributed by atoms with Gasteiger partial charge < -0.3 is 4.42 Å². The molecule has 7 aromatic heterocycles. The highest BCUT2D eigenvalue weighted by molar-refractivity contribution is 7.21. The molecule has 11 heteroatoms. The van der Waals surface area contributed by atoms with E-state index in [1.54, 1.807) is 6.07 Å². The van der Waals surface area contributed by atoms with Crippen LogP contribution in [0.4, 0.5) is 0 Å². The second-order valence-electron chi connectivity index (χ2n) is 26.1. The number of pyridine rings is 3. The molecule has 0 unspecified atom stereocenters. The number of carbonyl (C=O) groups excluding carboxylic acids is 1. The summed E-state index contributed by atoms with van der Waals surface area (Å²) in [5.74, 6) is 1.11. The van der Waals surface area contributed by atoms with Crippen LogP contribution in [0.3, 0.4) is 0 Å². The van der Waals surface area contributed by atoms with Gasteiger partial charge >= 0.3 is 0 Å². The Morgan fingerprint density at radius 1 is 0.375 bits per heavy atom. The fourth-order valence-corrected chi connectivity index (χ4v) is 14.7. The molecule has 0 saturated heterocycles. The van der Waals surface area contributed by atoms with Crippen molar-refractivity contribution in [3.8, 4) is 67.2 Å². The molecule has 0 bridgehead atoms. The summed E-state index contributed by atoms with van der Waals surface area (Å²) < 4.78 is 24.3. The predicted octanol–water partition coefficient (Wildman–Crippen LogP) is 18.9. The summed E-state index contributed by atoms with van der Waals surface area (Å²) >= 11 is 1.85. The number of furan rings is 1. The topological polar surface area (TPSA) is 63.4 Å². The maximum atomic E-state index is 10.8. The molecule has 104 heavy (non-hydrogen) atoms. The second kappa shape index (κ2) is 33.0. The van der Waals surface area contributed by atoms with E-state index in [0.29, 0.717) is 5.76 Å². The summed E-state index contributed by atoms with van der Waals surface area (Å²) in [7, 11) is 12.5. The molecule has 0 aliphatic rings. The maximum Gasteiger partial charge on any atom is 0.270 e. The molecule has 514 valence electrons. The van der Waals surface area contributed by atoms with E-state index in [1.807, 2.05) is 62.8 Å². The molecule has 0 saturated carbocycles. The fourth-order valence-electron chi connectivity index (χ4n) is 13.4. The van der Waals surface area contributed by atoms with Crippen molar-refractivity contribution < 1.29 is 36.8 Å². The summed E-state index contributed by atoms with van der Waals surface area (Å²) in [4.78, 5) is 10.8. The molecule has 0 spiro atoms. The number of hydrogen-bond acceptors (Lipinski definition) is 3. The number of aldehydes is 1. The minimum absolute atomic E-state index is 0.362. The maximum absolute atomic E-state index is 10.8. The molecule has 0 N–H and O–H groups in total. The van der Waals surface area contributed by atoms with Crippen molar-refractivity contribution in [2.75, 3.05) is 0 Å². The minimum Gasteiger partial charge on any atom is -0.447 e. The van der Waals surface area contributed by atoms with E-state index >= 15 is 0 Å². The highest BCUT2D eigenvalue weighted by Crippen LogP contribution is 2.32. The number of nitrogens with zero attached hydrogens (tertiary/aromatic N) is 8. The normalized spacial score (nSPS) is 10.7. The highest BCUT2D eigenvalue weighted by Gasteiger charge is 2.23. The standard InChI is InChI=1S/C19H18N.C17H16N.C16H14NO2.C15H15N2.C15H14NS.C11H13N2/c1-15-9-6-7-12-17(15)19-14-8-13-18(20(19)2)16-10-4-3-5-11-16;1-13-15-8-4-3-7-14(15)10-11-16(13)17-9-5-6-12-18(17)2;1-11-9-13(10-18)19-16(11)15-8-7-12-5-3-4-6-14(12)17(15)2;1-12-7-3-5-9-14(12)17-11-13-8-4-6-10-15(13)16(17)2;1-11-7-3-4-8-12(11)15-16(2)13-9-5-6-10-14(13)17-15;1-10-6-3-4-7-11(10)13-9-5-8-12(13)2/h3-14H,1-2H3;3-12H,1-2H3;3-10H,1-2H3;3-11H,1-2H3;3-10H,1-2H3;3-9H,1-2H3/q6*+1. The molecule has 17 rings (SSSR count). The molecular formula is C93H90N8O2S+6. The Bertz CT molecular complexity index is 5720. The quantitative estimate of drug-likeness (QED) is 0.112. The number of fused-ring (bicyclic) bond motifs is 4. The molecule has 7 heterocycles. The Morgan fingerprint density at radius 3 is 1.56 bits per heavy atom. The Balaban J connectivity index is 0.000000118. The van der Waals surface area contributed by atoms with Gasteiger partial charge in [-0.05, 0) is 165 Å². The van der Waals surface area contributed by atoms with E-state index in [9.17, 15) is 4.79 Å². The van der Waals surface area contributed by atoms with Crippen LogP contribution in [0.1, 0.15) is 43.9 Å². The van der Waals surface area contributed by atoms with Crippen LogP contribution in [0, 0.1) is 41.5 Å². The molecular weight excluding hydrogens is 1290 g/mol. The van der Waals surface area contributed by atoms with Gasteiger partial charge in [0.15, 0.2) is 38.5 Å². The van der Waals surface area contributed by atoms with Gasteiger partial charge in [-0.2, -0.15) is 13.7 Å². The highest BCUT2D eigenvalue weighted by atomic mass is 32.1. The lowest BCUT2D eigenvalue weighted by atomic mass is 9.98. The number of aromatic nitrogens is 8. The third-order valence-corrected chi connectivity index (χ3v) is 20.4. The first kappa shape index (κ1) is 71.5. The van der Waals surface area contributed by atoms with Crippen LogP contribution in [0.25, 0.3) is 110 Å². The Hall–Kier alpha value is -12.3. The monoisotopic (exact) mass is 1380 g/mol. The van der Waals surface area contributed by atoms with Crippen molar-refractivity contribution in [2.24, 2.45) is 42.3 Å². The second-order valence-corrected chi connectivity index (χ2v) is 27.1. The van der Waals surface area contributed by atoms with E-state index in [1.165, 1.54) is 121 Å². The van der Waals surface area contributed by atoms with Crippen LogP contribution >= 0.6 is 11.3 Å². The van der Waals surface area contributed by atoms with Crippen molar-refractivity contribution in [1.82, 2.24) is 9.36 Å². The van der Waals surface area contributed by atoms with E-state index < -0.39 is 0 Å². The first-order chi connectivity index (χ1) is 50.6. The average Bonchev–Trinajstić information content (AvgIpc) is 1.67. The third kappa shape index (κ3) is 15.9. The predicted molar refractivity (Wildman–Crippen MR) is 426 cm³/mol. The Kier molecular flexibility index (Phi) is 22.7. The number of carbonyl (C=O) groups is 1. The Labute approximate surface area is 615 Å². The van der Waals surface area contributed by atoms with Crippen LogP contribution in [-0.2, 0) is 42.3 Å². The smallest absolute Gasteiger partial charge is 0.270 e. The number of hydrogen-bond donors (Lipinski definition) is 0. The van der Waals surface area contributed by atoms with Gasteiger partial charge in [0, 0.05) is 82.2 Å². The largest absolute Gasteiger partial charge is 0.447 e. The lowest BCUT2D eigenvalue weighted by Crippen LogP contribution is -2.38. The zero-order valence-corrected chi connectivity index (χ0v) is 62.3. The molecule has 0 aliphatic heterocycles. The summed E-state index contributed by atoms with van der Waals surface area (Å²) in [6.45, 7) is 12.7. The van der Waals surface area contributed by atoms with Crippen molar-refractivity contribution in [1.29, 1.82) is 0 Å². The first-order valence-corrected chi connectivity index (χ1v) is 35.9. The number of thiazole rings is 1. The van der Waals surface area contributed by atoms with Crippen molar-refractivity contribution in [2.45, 2.75) is 41.5 Å². The van der Waals surface area contributed by atoms with E-state index in [0.717, 1.165) is 28.8 Å². The molecule has 0 fully saturated rings. The molecule has 0 aliphatic carbocycles. The van der Waals surface area contributed by atoms with Gasteiger partial charge in [-0.15, -0.1) is 18.7 Å². The van der Waals surface area contributed by atoms with Gasteiger partial charge in [-0.3, -0.25) is 4.79 Å². The minimum atomic E-state index is 0.362. The lowest BCUT2D eigenvalue weighted by Gasteiger charge is -2.07. The van der Waals surface area contributed by atoms with Crippen LogP contribution in [0.2, 0.25) is 0 Å². The van der Waals surface area contributed by atoms with E-state index in [2.05, 4.69) is 385 Å². The van der Waals surface area contributed by atoms with E-state index in [4.69, 9.17) is 4.42 Å². The molecule has 10 aromatic carbocycles. The molecule has 10 nitrogen and oxygen atoms in total. The summed E-state index contributed by atoms with van der Waals surface area (Å²) in [6.07, 6.45) is 9.09. The van der Waals surface area contributed by atoms with Gasteiger partial charge in [0.2, 0.25) is 45.1 Å². The van der Waals surface area contributed by atoms with Crippen molar-refractivity contribution in [3.63, 3.8) is 0 Å². The molecule has 0 amide bonds. The first-order valence-electron chi connectivity index (χ1n) is 35.1. The fraction of sp³-hybridized carbons (Fsp3) is 0.129. The van der Waals surface area contributed by atoms with Crippen molar-refractivity contribution >= 4 is 60.4 Å². The van der Waals surface area contributed by atoms with Crippen LogP contribution in [0.15, 0.2) is 326 Å². The van der Waals surface area contributed by atoms with E-state index in [-0.39, 0.29) is 0 Å².